The maximum atomic E-state index is 15.3. The fourth-order valence-electron chi connectivity index (χ4n) is 7.21. The number of nitrogens with one attached hydrogen (secondary N) is 4. The van der Waals surface area contributed by atoms with Crippen LogP contribution >= 0.6 is 0 Å². The molecule has 6 aromatic rings. The SMILES string of the molecule is Cc1ccc(Nc2ccc(Nc3ccc(C)cc3C)c3c2C(=O)c2c(Nc4ccc(C)cc4C)ccc(Nc4ccc(C)cc4C)c2C3=O)c(C)c1. The number of carbonyl (C=O) groups excluding carboxylic acids is 2. The summed E-state index contributed by atoms with van der Waals surface area (Å²) < 4.78 is 0. The highest BCUT2D eigenvalue weighted by molar-refractivity contribution is 6.35. The topological polar surface area (TPSA) is 82.3 Å². The lowest BCUT2D eigenvalue weighted by Crippen LogP contribution is -2.26. The molecule has 0 aromatic heterocycles. The van der Waals surface area contributed by atoms with Crippen LogP contribution in [-0.2, 0) is 0 Å². The summed E-state index contributed by atoms with van der Waals surface area (Å²) in [5.41, 5.74) is 15.8. The van der Waals surface area contributed by atoms with Gasteiger partial charge in [0.05, 0.1) is 45.0 Å². The van der Waals surface area contributed by atoms with E-state index in [2.05, 4.69) is 73.2 Å². The first-order chi connectivity index (χ1) is 24.9. The molecule has 0 aliphatic heterocycles. The van der Waals surface area contributed by atoms with E-state index in [4.69, 9.17) is 0 Å². The average Bonchev–Trinajstić information content (AvgIpc) is 3.09. The second-order valence-corrected chi connectivity index (χ2v) is 14.3. The molecule has 52 heavy (non-hydrogen) atoms. The summed E-state index contributed by atoms with van der Waals surface area (Å²) in [6, 6.07) is 32.2. The summed E-state index contributed by atoms with van der Waals surface area (Å²) in [7, 11) is 0. The molecule has 1 aliphatic carbocycles. The van der Waals surface area contributed by atoms with Gasteiger partial charge in [0.15, 0.2) is 11.6 Å². The van der Waals surface area contributed by atoms with Crippen LogP contribution in [0.25, 0.3) is 0 Å². The number of hydrogen-bond acceptors (Lipinski definition) is 6. The van der Waals surface area contributed by atoms with Gasteiger partial charge in [0.1, 0.15) is 0 Å². The molecule has 1 aliphatic rings. The summed E-state index contributed by atoms with van der Waals surface area (Å²) in [4.78, 5) is 30.6. The molecule has 6 nitrogen and oxygen atoms in total. The van der Waals surface area contributed by atoms with Crippen LogP contribution in [0.5, 0.6) is 0 Å². The minimum atomic E-state index is -0.238. The van der Waals surface area contributed by atoms with Crippen molar-refractivity contribution in [2.45, 2.75) is 55.4 Å². The summed E-state index contributed by atoms with van der Waals surface area (Å²) >= 11 is 0. The zero-order valence-electron chi connectivity index (χ0n) is 31.1. The van der Waals surface area contributed by atoms with Gasteiger partial charge in [0.2, 0.25) is 0 Å². The molecule has 0 saturated heterocycles. The average molecular weight is 685 g/mol. The Morgan fingerprint density at radius 1 is 0.288 bits per heavy atom. The number of carbonyl (C=O) groups is 2. The van der Waals surface area contributed by atoms with Crippen LogP contribution in [0.3, 0.4) is 0 Å². The van der Waals surface area contributed by atoms with Gasteiger partial charge in [0.25, 0.3) is 0 Å². The molecular weight excluding hydrogens is 641 g/mol. The van der Waals surface area contributed by atoms with Crippen molar-refractivity contribution in [1.29, 1.82) is 0 Å². The quantitative estimate of drug-likeness (QED) is 0.128. The van der Waals surface area contributed by atoms with Crippen molar-refractivity contribution in [3.63, 3.8) is 0 Å². The van der Waals surface area contributed by atoms with Gasteiger partial charge in [0, 0.05) is 22.7 Å². The first kappa shape index (κ1) is 34.3. The fraction of sp³-hybridized carbons (Fsp3) is 0.174. The Morgan fingerprint density at radius 3 is 0.673 bits per heavy atom. The normalized spacial score (nSPS) is 11.9. The van der Waals surface area contributed by atoms with Gasteiger partial charge in [-0.3, -0.25) is 9.59 Å². The minimum absolute atomic E-state index is 0.238. The summed E-state index contributed by atoms with van der Waals surface area (Å²) in [5.74, 6) is -0.477. The standard InChI is InChI=1S/C46H44N4O2/c1-25-9-13-33(29(5)21-25)47-37-17-18-38(48-34-14-10-26(2)22-30(34)6)42-41(37)45(51)43-39(49-35-15-11-27(3)23-31(35)7)19-20-40(44(43)46(42)52)50-36-16-12-28(4)24-32(36)8/h9-24,47-50H,1-8H3. The first-order valence-electron chi connectivity index (χ1n) is 17.7. The lowest BCUT2D eigenvalue weighted by molar-refractivity contribution is 0.0981. The van der Waals surface area contributed by atoms with Crippen molar-refractivity contribution in [2.75, 3.05) is 21.3 Å². The van der Waals surface area contributed by atoms with Gasteiger partial charge in [-0.15, -0.1) is 0 Å². The molecule has 0 amide bonds. The second-order valence-electron chi connectivity index (χ2n) is 14.3. The molecule has 260 valence electrons. The molecular formula is C46H44N4O2. The molecule has 0 atom stereocenters. The van der Waals surface area contributed by atoms with Crippen LogP contribution in [0, 0.1) is 55.4 Å². The van der Waals surface area contributed by atoms with Gasteiger partial charge >= 0.3 is 0 Å². The van der Waals surface area contributed by atoms with Crippen molar-refractivity contribution in [3.8, 4) is 0 Å². The van der Waals surface area contributed by atoms with Gasteiger partial charge in [-0.05, 0) is 126 Å². The summed E-state index contributed by atoms with van der Waals surface area (Å²) in [6.45, 7) is 16.4. The third kappa shape index (κ3) is 6.44. The lowest BCUT2D eigenvalue weighted by atomic mass is 9.80. The van der Waals surface area contributed by atoms with Crippen molar-refractivity contribution in [2.24, 2.45) is 0 Å². The van der Waals surface area contributed by atoms with Crippen LogP contribution in [0.4, 0.5) is 45.5 Å². The molecule has 0 bridgehead atoms. The molecule has 0 unspecified atom stereocenters. The van der Waals surface area contributed by atoms with Crippen LogP contribution in [-0.4, -0.2) is 11.6 Å². The van der Waals surface area contributed by atoms with E-state index in [1.54, 1.807) is 0 Å². The Labute approximate surface area is 306 Å². The number of rotatable bonds is 8. The van der Waals surface area contributed by atoms with E-state index in [9.17, 15) is 0 Å². The highest BCUT2D eigenvalue weighted by Gasteiger charge is 2.38. The monoisotopic (exact) mass is 684 g/mol. The lowest BCUT2D eigenvalue weighted by Gasteiger charge is -2.28. The third-order valence-corrected chi connectivity index (χ3v) is 9.92. The molecule has 0 fully saturated rings. The van der Waals surface area contributed by atoms with Crippen molar-refractivity contribution >= 4 is 57.1 Å². The number of aryl methyl sites for hydroxylation is 8. The van der Waals surface area contributed by atoms with Gasteiger partial charge in [-0.25, -0.2) is 0 Å². The van der Waals surface area contributed by atoms with E-state index < -0.39 is 0 Å². The first-order valence-corrected chi connectivity index (χ1v) is 17.7. The highest BCUT2D eigenvalue weighted by Crippen LogP contribution is 2.45. The highest BCUT2D eigenvalue weighted by atomic mass is 16.1. The molecule has 0 heterocycles. The Balaban J connectivity index is 1.46. The second kappa shape index (κ2) is 13.5. The minimum Gasteiger partial charge on any atom is -0.355 e. The van der Waals surface area contributed by atoms with Crippen molar-refractivity contribution < 1.29 is 9.59 Å². The van der Waals surface area contributed by atoms with E-state index in [0.29, 0.717) is 45.0 Å². The van der Waals surface area contributed by atoms with Crippen LogP contribution in [0.15, 0.2) is 97.1 Å². The van der Waals surface area contributed by atoms with Crippen molar-refractivity contribution in [3.05, 3.63) is 164 Å². The Morgan fingerprint density at radius 2 is 0.481 bits per heavy atom. The maximum absolute atomic E-state index is 15.3. The van der Waals surface area contributed by atoms with Crippen LogP contribution in [0.1, 0.15) is 76.4 Å². The molecule has 0 radical (unpaired) electrons. The molecule has 4 N–H and O–H groups in total. The van der Waals surface area contributed by atoms with Crippen molar-refractivity contribution in [1.82, 2.24) is 0 Å². The van der Waals surface area contributed by atoms with Crippen LogP contribution < -0.4 is 21.3 Å². The number of hydrogen-bond donors (Lipinski definition) is 4. The number of ketones is 2. The zero-order valence-corrected chi connectivity index (χ0v) is 31.1. The molecule has 6 heteroatoms. The van der Waals surface area contributed by atoms with E-state index in [-0.39, 0.29) is 11.6 Å². The van der Waals surface area contributed by atoms with Gasteiger partial charge < -0.3 is 21.3 Å². The largest absolute Gasteiger partial charge is 0.355 e. The molecule has 6 aromatic carbocycles. The maximum Gasteiger partial charge on any atom is 0.198 e. The van der Waals surface area contributed by atoms with Gasteiger partial charge in [-0.2, -0.15) is 0 Å². The molecule has 0 saturated carbocycles. The molecule has 7 rings (SSSR count). The van der Waals surface area contributed by atoms with E-state index in [1.807, 2.05) is 100 Å². The zero-order chi connectivity index (χ0) is 36.8. The summed E-state index contributed by atoms with van der Waals surface area (Å²) in [6.07, 6.45) is 0. The smallest absolute Gasteiger partial charge is 0.198 e. The number of benzene rings is 6. The fourth-order valence-corrected chi connectivity index (χ4v) is 7.21. The van der Waals surface area contributed by atoms with Gasteiger partial charge in [-0.1, -0.05) is 70.8 Å². The van der Waals surface area contributed by atoms with E-state index >= 15 is 9.59 Å². The third-order valence-electron chi connectivity index (χ3n) is 9.92. The Hall–Kier alpha value is -6.14. The van der Waals surface area contributed by atoms with E-state index in [0.717, 1.165) is 67.3 Å². The predicted octanol–water partition coefficient (Wildman–Crippen LogP) is 11.9. The summed E-state index contributed by atoms with van der Waals surface area (Å²) in [5, 5.41) is 14.1. The number of fused-ring (bicyclic) bond motifs is 2. The van der Waals surface area contributed by atoms with E-state index in [1.165, 1.54) is 0 Å². The van der Waals surface area contributed by atoms with Crippen LogP contribution in [0.2, 0.25) is 0 Å². The molecule has 0 spiro atoms. The Kier molecular flexibility index (Phi) is 8.93. The predicted molar refractivity (Wildman–Crippen MR) is 217 cm³/mol. The Bertz CT molecular complexity index is 2110. The number of anilines is 8.